The Morgan fingerprint density at radius 1 is 0.939 bits per heavy atom. The summed E-state index contributed by atoms with van der Waals surface area (Å²) in [6.45, 7) is 7.42. The normalized spacial score (nSPS) is 19.1. The lowest BCUT2D eigenvalue weighted by Crippen LogP contribution is -2.43. The number of nitrogens with one attached hydrogen (secondary N) is 2. The highest BCUT2D eigenvalue weighted by Crippen LogP contribution is 2.30. The minimum Gasteiger partial charge on any atom is -0.348 e. The number of urea groups is 1. The number of benzene rings is 3. The second-order valence-corrected chi connectivity index (χ2v) is 9.12. The van der Waals surface area contributed by atoms with Crippen LogP contribution < -0.4 is 10.6 Å². The second-order valence-electron chi connectivity index (χ2n) is 9.12. The number of carbonyl (C=O) groups excluding carboxylic acids is 3. The molecular weight excluding hydrogens is 414 g/mol. The maximum absolute atomic E-state index is 13.2. The number of hydrogen-bond acceptors (Lipinski definition) is 3. The van der Waals surface area contributed by atoms with Crippen LogP contribution in [0.15, 0.2) is 66.7 Å². The highest BCUT2D eigenvalue weighted by molar-refractivity contribution is 6.09. The number of hydrogen-bond donors (Lipinski definition) is 2. The summed E-state index contributed by atoms with van der Waals surface area (Å²) in [4.78, 5) is 39.5. The molecule has 2 atom stereocenters. The van der Waals surface area contributed by atoms with Gasteiger partial charge in [-0.25, -0.2) is 4.79 Å². The van der Waals surface area contributed by atoms with Crippen molar-refractivity contribution < 1.29 is 14.4 Å². The molecule has 6 heteroatoms. The van der Waals surface area contributed by atoms with Crippen molar-refractivity contribution in [2.75, 3.05) is 6.54 Å². The average Bonchev–Trinajstić information content (AvgIpc) is 3.02. The summed E-state index contributed by atoms with van der Waals surface area (Å²) in [5, 5.41) is 7.88. The van der Waals surface area contributed by atoms with Crippen LogP contribution >= 0.6 is 0 Å². The molecule has 0 aromatic heterocycles. The van der Waals surface area contributed by atoms with Crippen molar-refractivity contribution in [1.29, 1.82) is 0 Å². The standard InChI is InChI=1S/C27H29N3O3/c1-17(2)19-11-13-23(14-12-19)27(4)25(32)30(26(33)29-27)16-24(31)28-18(3)21-10-9-20-7-5-6-8-22(20)15-21/h5-15,17-18H,16H2,1-4H3,(H,28,31)(H,29,33). The molecule has 33 heavy (non-hydrogen) atoms. The minimum atomic E-state index is -1.20. The maximum atomic E-state index is 13.2. The van der Waals surface area contributed by atoms with Crippen LogP contribution in [0.2, 0.25) is 0 Å². The van der Waals surface area contributed by atoms with Crippen molar-refractivity contribution in [2.45, 2.75) is 45.2 Å². The van der Waals surface area contributed by atoms with Gasteiger partial charge in [0.15, 0.2) is 0 Å². The molecule has 4 rings (SSSR count). The zero-order valence-electron chi connectivity index (χ0n) is 19.4. The Bertz CT molecular complexity index is 1220. The van der Waals surface area contributed by atoms with Gasteiger partial charge in [0.05, 0.1) is 6.04 Å². The van der Waals surface area contributed by atoms with Crippen molar-refractivity contribution in [3.63, 3.8) is 0 Å². The third-order valence-corrected chi connectivity index (χ3v) is 6.38. The SMILES string of the molecule is CC(C)c1ccc(C2(C)NC(=O)N(CC(=O)NC(C)c3ccc4ccccc4c3)C2=O)cc1. The fourth-order valence-corrected chi connectivity index (χ4v) is 4.23. The molecule has 0 bridgehead atoms. The zero-order chi connectivity index (χ0) is 23.8. The molecule has 2 N–H and O–H groups in total. The predicted octanol–water partition coefficient (Wildman–Crippen LogP) is 4.61. The fourth-order valence-electron chi connectivity index (χ4n) is 4.23. The van der Waals surface area contributed by atoms with Crippen LogP contribution in [0.4, 0.5) is 4.79 Å². The van der Waals surface area contributed by atoms with Crippen molar-refractivity contribution in [1.82, 2.24) is 15.5 Å². The maximum Gasteiger partial charge on any atom is 0.325 e. The molecule has 170 valence electrons. The van der Waals surface area contributed by atoms with Crippen molar-refractivity contribution in [3.05, 3.63) is 83.4 Å². The first-order valence-electron chi connectivity index (χ1n) is 11.2. The van der Waals surface area contributed by atoms with Crippen molar-refractivity contribution >= 4 is 28.6 Å². The summed E-state index contributed by atoms with van der Waals surface area (Å²) in [6.07, 6.45) is 0. The molecule has 3 aromatic rings. The smallest absolute Gasteiger partial charge is 0.325 e. The second kappa shape index (κ2) is 8.70. The third-order valence-electron chi connectivity index (χ3n) is 6.38. The first-order chi connectivity index (χ1) is 15.7. The summed E-state index contributed by atoms with van der Waals surface area (Å²) >= 11 is 0. The largest absolute Gasteiger partial charge is 0.348 e. The summed E-state index contributed by atoms with van der Waals surface area (Å²) in [5.41, 5.74) is 1.60. The Labute approximate surface area is 194 Å². The van der Waals surface area contributed by atoms with Crippen molar-refractivity contribution in [2.24, 2.45) is 0 Å². The monoisotopic (exact) mass is 443 g/mol. The fraction of sp³-hybridized carbons (Fsp3) is 0.296. The average molecular weight is 444 g/mol. The van der Waals surface area contributed by atoms with Crippen LogP contribution in [-0.4, -0.2) is 29.3 Å². The van der Waals surface area contributed by atoms with Crippen LogP contribution in [0, 0.1) is 0 Å². The van der Waals surface area contributed by atoms with E-state index in [0.717, 1.165) is 26.8 Å². The van der Waals surface area contributed by atoms with E-state index in [1.165, 1.54) is 0 Å². The third kappa shape index (κ3) is 4.33. The number of carbonyl (C=O) groups is 3. The molecule has 0 spiro atoms. The zero-order valence-corrected chi connectivity index (χ0v) is 19.4. The van der Waals surface area contributed by atoms with E-state index in [4.69, 9.17) is 0 Å². The van der Waals surface area contributed by atoms with E-state index < -0.39 is 23.4 Å². The van der Waals surface area contributed by atoms with E-state index in [1.54, 1.807) is 6.92 Å². The van der Waals surface area contributed by atoms with Gasteiger partial charge in [-0.1, -0.05) is 74.5 Å². The van der Waals surface area contributed by atoms with E-state index in [0.29, 0.717) is 11.5 Å². The van der Waals surface area contributed by atoms with Gasteiger partial charge in [-0.2, -0.15) is 0 Å². The molecular formula is C27H29N3O3. The predicted molar refractivity (Wildman–Crippen MR) is 129 cm³/mol. The van der Waals surface area contributed by atoms with Gasteiger partial charge in [-0.05, 0) is 53.3 Å². The van der Waals surface area contributed by atoms with E-state index in [-0.39, 0.29) is 12.6 Å². The minimum absolute atomic E-state index is 0.266. The molecule has 0 saturated carbocycles. The Kier molecular flexibility index (Phi) is 5.93. The molecule has 1 fully saturated rings. The van der Waals surface area contributed by atoms with Gasteiger partial charge in [0.25, 0.3) is 5.91 Å². The summed E-state index contributed by atoms with van der Waals surface area (Å²) < 4.78 is 0. The van der Waals surface area contributed by atoms with E-state index in [2.05, 4.69) is 24.5 Å². The summed E-state index contributed by atoms with van der Waals surface area (Å²) in [6, 6.07) is 20.8. The molecule has 1 heterocycles. The van der Waals surface area contributed by atoms with Gasteiger partial charge in [0.2, 0.25) is 5.91 Å². The molecule has 4 amide bonds. The Morgan fingerprint density at radius 2 is 1.58 bits per heavy atom. The van der Waals surface area contributed by atoms with Crippen LogP contribution in [0.3, 0.4) is 0 Å². The molecule has 1 aliphatic heterocycles. The van der Waals surface area contributed by atoms with Crippen LogP contribution in [0.25, 0.3) is 10.8 Å². The van der Waals surface area contributed by atoms with Gasteiger partial charge in [0.1, 0.15) is 12.1 Å². The van der Waals surface area contributed by atoms with Gasteiger partial charge in [-0.15, -0.1) is 0 Å². The Morgan fingerprint density at radius 3 is 2.24 bits per heavy atom. The topological polar surface area (TPSA) is 78.5 Å². The van der Waals surface area contributed by atoms with Crippen LogP contribution in [-0.2, 0) is 15.1 Å². The molecule has 3 aromatic carbocycles. The molecule has 0 radical (unpaired) electrons. The molecule has 2 unspecified atom stereocenters. The van der Waals surface area contributed by atoms with E-state index >= 15 is 0 Å². The van der Waals surface area contributed by atoms with Crippen LogP contribution in [0.1, 0.15) is 56.3 Å². The highest BCUT2D eigenvalue weighted by Gasteiger charge is 2.49. The van der Waals surface area contributed by atoms with E-state index in [9.17, 15) is 14.4 Å². The molecule has 6 nitrogen and oxygen atoms in total. The summed E-state index contributed by atoms with van der Waals surface area (Å²) in [5.74, 6) is -0.456. The molecule has 0 aliphatic carbocycles. The molecule has 1 aliphatic rings. The van der Waals surface area contributed by atoms with Crippen molar-refractivity contribution in [3.8, 4) is 0 Å². The lowest BCUT2D eigenvalue weighted by atomic mass is 9.90. The lowest BCUT2D eigenvalue weighted by Gasteiger charge is -2.23. The van der Waals surface area contributed by atoms with Gasteiger partial charge in [-0.3, -0.25) is 14.5 Å². The quantitative estimate of drug-likeness (QED) is 0.546. The summed E-state index contributed by atoms with van der Waals surface area (Å²) in [7, 11) is 0. The van der Waals surface area contributed by atoms with Gasteiger partial charge in [0, 0.05) is 0 Å². The Balaban J connectivity index is 1.45. The van der Waals surface area contributed by atoms with Gasteiger partial charge >= 0.3 is 6.03 Å². The Hall–Kier alpha value is -3.67. The first-order valence-corrected chi connectivity index (χ1v) is 11.2. The van der Waals surface area contributed by atoms with Gasteiger partial charge < -0.3 is 10.6 Å². The lowest BCUT2D eigenvalue weighted by molar-refractivity contribution is -0.135. The van der Waals surface area contributed by atoms with E-state index in [1.807, 2.05) is 73.7 Å². The first kappa shape index (κ1) is 22.5. The number of rotatable bonds is 6. The van der Waals surface area contributed by atoms with Crippen LogP contribution in [0.5, 0.6) is 0 Å². The number of imide groups is 1. The molecule has 1 saturated heterocycles. The highest BCUT2D eigenvalue weighted by atomic mass is 16.2. The number of fused-ring (bicyclic) bond motifs is 1. The number of nitrogens with zero attached hydrogens (tertiary/aromatic N) is 1. The number of amides is 4.